The molecule has 0 aliphatic carbocycles. The zero-order valence-corrected chi connectivity index (χ0v) is 14.1. The van der Waals surface area contributed by atoms with Gasteiger partial charge in [-0.15, -0.1) is 0 Å². The van der Waals surface area contributed by atoms with E-state index in [-0.39, 0.29) is 11.9 Å². The summed E-state index contributed by atoms with van der Waals surface area (Å²) in [4.78, 5) is 12.0. The molecule has 0 spiro atoms. The monoisotopic (exact) mass is 359 g/mol. The Labute approximate surface area is 139 Å². The zero-order valence-electron chi connectivity index (χ0n) is 12.5. The number of benzene rings is 2. The van der Waals surface area contributed by atoms with Gasteiger partial charge in [-0.2, -0.15) is 0 Å². The summed E-state index contributed by atoms with van der Waals surface area (Å²) in [5.74, 6) is 0.641. The minimum Gasteiger partial charge on any atom is -0.496 e. The van der Waals surface area contributed by atoms with E-state index in [1.807, 2.05) is 55.5 Å². The van der Waals surface area contributed by atoms with E-state index in [4.69, 9.17) is 4.74 Å². The maximum absolute atomic E-state index is 12.0. The van der Waals surface area contributed by atoms with Crippen molar-refractivity contribution >= 4 is 27.9 Å². The van der Waals surface area contributed by atoms with Gasteiger partial charge in [-0.05, 0) is 52.2 Å². The molecule has 0 aromatic heterocycles. The molecule has 0 aliphatic heterocycles. The van der Waals surface area contributed by atoms with Crippen LogP contribution in [0.5, 0.6) is 5.75 Å². The molecule has 2 rings (SSSR count). The second-order valence-corrected chi connectivity index (χ2v) is 5.72. The summed E-state index contributed by atoms with van der Waals surface area (Å²) in [6.45, 7) is 1.96. The van der Waals surface area contributed by atoms with E-state index < -0.39 is 0 Å². The van der Waals surface area contributed by atoms with Crippen molar-refractivity contribution in [2.24, 2.45) is 0 Å². The highest BCUT2D eigenvalue weighted by atomic mass is 79.9. The van der Waals surface area contributed by atoms with Gasteiger partial charge in [0.05, 0.1) is 17.6 Å². The summed E-state index contributed by atoms with van der Waals surface area (Å²) in [7, 11) is 1.62. The minimum atomic E-state index is -0.122. The lowest BCUT2D eigenvalue weighted by atomic mass is 10.1. The van der Waals surface area contributed by atoms with Crippen LogP contribution in [0.15, 0.2) is 59.1 Å². The first kappa shape index (κ1) is 16.3. The van der Waals surface area contributed by atoms with Crippen LogP contribution in [-0.4, -0.2) is 13.0 Å². The van der Waals surface area contributed by atoms with Gasteiger partial charge >= 0.3 is 0 Å². The first-order chi connectivity index (χ1) is 10.6. The quantitative estimate of drug-likeness (QED) is 0.806. The summed E-state index contributed by atoms with van der Waals surface area (Å²) in [5, 5.41) is 2.94. The number of nitrogens with one attached hydrogen (secondary N) is 1. The third-order valence-electron chi connectivity index (χ3n) is 3.26. The Kier molecular flexibility index (Phi) is 5.78. The van der Waals surface area contributed by atoms with E-state index in [1.54, 1.807) is 13.2 Å². The van der Waals surface area contributed by atoms with E-state index in [2.05, 4.69) is 21.2 Å². The van der Waals surface area contributed by atoms with Gasteiger partial charge in [0.2, 0.25) is 5.91 Å². The molecule has 1 atom stereocenters. The van der Waals surface area contributed by atoms with Crippen molar-refractivity contribution in [3.05, 3.63) is 70.2 Å². The number of ether oxygens (including phenoxy) is 1. The summed E-state index contributed by atoms with van der Waals surface area (Å²) in [6, 6.07) is 15.5. The third kappa shape index (κ3) is 4.46. The molecule has 4 heteroatoms. The average molecular weight is 360 g/mol. The molecule has 3 nitrogen and oxygen atoms in total. The average Bonchev–Trinajstić information content (AvgIpc) is 2.54. The number of rotatable bonds is 5. The van der Waals surface area contributed by atoms with Crippen LogP contribution >= 0.6 is 15.9 Å². The molecule has 0 radical (unpaired) electrons. The van der Waals surface area contributed by atoms with Gasteiger partial charge in [0, 0.05) is 6.08 Å². The second-order valence-electron chi connectivity index (χ2n) is 4.87. The van der Waals surface area contributed by atoms with E-state index in [9.17, 15) is 4.79 Å². The molecular weight excluding hydrogens is 342 g/mol. The second kappa shape index (κ2) is 7.80. The SMILES string of the molecule is COc1ccc(/C=C/C(=O)NC(C)c2ccccc2)cc1Br. The lowest BCUT2D eigenvalue weighted by molar-refractivity contribution is -0.117. The molecule has 0 aliphatic rings. The molecule has 0 bridgehead atoms. The van der Waals surface area contributed by atoms with Crippen molar-refractivity contribution in [3.8, 4) is 5.75 Å². The van der Waals surface area contributed by atoms with Crippen molar-refractivity contribution in [2.45, 2.75) is 13.0 Å². The number of hydrogen-bond acceptors (Lipinski definition) is 2. The van der Waals surface area contributed by atoms with Crippen molar-refractivity contribution in [3.63, 3.8) is 0 Å². The van der Waals surface area contributed by atoms with Gasteiger partial charge in [-0.1, -0.05) is 36.4 Å². The van der Waals surface area contributed by atoms with Crippen LogP contribution in [0.2, 0.25) is 0 Å². The largest absolute Gasteiger partial charge is 0.496 e. The third-order valence-corrected chi connectivity index (χ3v) is 3.88. The predicted molar refractivity (Wildman–Crippen MR) is 92.7 cm³/mol. The minimum absolute atomic E-state index is 0.0269. The lowest BCUT2D eigenvalue weighted by Crippen LogP contribution is -2.24. The van der Waals surface area contributed by atoms with E-state index in [0.717, 1.165) is 21.3 Å². The Morgan fingerprint density at radius 2 is 1.95 bits per heavy atom. The molecule has 1 amide bonds. The fraction of sp³-hybridized carbons (Fsp3) is 0.167. The Bertz CT molecular complexity index is 668. The molecule has 0 heterocycles. The molecule has 1 N–H and O–H groups in total. The highest BCUT2D eigenvalue weighted by Crippen LogP contribution is 2.25. The van der Waals surface area contributed by atoms with Crippen LogP contribution < -0.4 is 10.1 Å². The summed E-state index contributed by atoms with van der Waals surface area (Å²) in [5.41, 5.74) is 2.01. The summed E-state index contributed by atoms with van der Waals surface area (Å²) < 4.78 is 6.03. The highest BCUT2D eigenvalue weighted by molar-refractivity contribution is 9.10. The smallest absolute Gasteiger partial charge is 0.244 e. The Hall–Kier alpha value is -2.07. The van der Waals surface area contributed by atoms with Gasteiger partial charge in [-0.3, -0.25) is 4.79 Å². The van der Waals surface area contributed by atoms with Crippen molar-refractivity contribution < 1.29 is 9.53 Å². The lowest BCUT2D eigenvalue weighted by Gasteiger charge is -2.12. The molecule has 0 fully saturated rings. The van der Waals surface area contributed by atoms with Crippen molar-refractivity contribution in [2.75, 3.05) is 7.11 Å². The van der Waals surface area contributed by atoms with Crippen LogP contribution in [0.25, 0.3) is 6.08 Å². The summed E-state index contributed by atoms with van der Waals surface area (Å²) >= 11 is 3.43. The number of amides is 1. The Morgan fingerprint density at radius 3 is 2.59 bits per heavy atom. The van der Waals surface area contributed by atoms with Crippen LogP contribution in [-0.2, 0) is 4.79 Å². The highest BCUT2D eigenvalue weighted by Gasteiger charge is 2.06. The standard InChI is InChI=1S/C18H18BrNO2/c1-13(15-6-4-3-5-7-15)20-18(21)11-9-14-8-10-17(22-2)16(19)12-14/h3-13H,1-2H3,(H,20,21)/b11-9+. The molecule has 1 unspecified atom stereocenters. The van der Waals surface area contributed by atoms with Crippen LogP contribution in [0.4, 0.5) is 0 Å². The van der Waals surface area contributed by atoms with E-state index in [1.165, 1.54) is 6.08 Å². The van der Waals surface area contributed by atoms with Crippen LogP contribution in [0.1, 0.15) is 24.1 Å². The van der Waals surface area contributed by atoms with Crippen LogP contribution in [0.3, 0.4) is 0 Å². The van der Waals surface area contributed by atoms with Gasteiger partial charge in [-0.25, -0.2) is 0 Å². The topological polar surface area (TPSA) is 38.3 Å². The van der Waals surface area contributed by atoms with Crippen molar-refractivity contribution in [1.82, 2.24) is 5.32 Å². The van der Waals surface area contributed by atoms with Gasteiger partial charge < -0.3 is 10.1 Å². The first-order valence-electron chi connectivity index (χ1n) is 6.97. The number of hydrogen-bond donors (Lipinski definition) is 1. The number of carbonyl (C=O) groups is 1. The Morgan fingerprint density at radius 1 is 1.23 bits per heavy atom. The predicted octanol–water partition coefficient (Wildman–Crippen LogP) is 4.35. The summed E-state index contributed by atoms with van der Waals surface area (Å²) in [6.07, 6.45) is 3.31. The first-order valence-corrected chi connectivity index (χ1v) is 7.76. The molecule has 0 saturated carbocycles. The fourth-order valence-corrected chi connectivity index (χ4v) is 2.60. The van der Waals surface area contributed by atoms with E-state index >= 15 is 0 Å². The molecular formula is C18H18BrNO2. The van der Waals surface area contributed by atoms with Gasteiger partial charge in [0.15, 0.2) is 0 Å². The van der Waals surface area contributed by atoms with Gasteiger partial charge in [0.25, 0.3) is 0 Å². The number of halogens is 1. The molecule has 2 aromatic carbocycles. The molecule has 0 saturated heterocycles. The maximum Gasteiger partial charge on any atom is 0.244 e. The number of methoxy groups -OCH3 is 1. The fourth-order valence-electron chi connectivity index (χ4n) is 2.04. The van der Waals surface area contributed by atoms with Crippen molar-refractivity contribution in [1.29, 1.82) is 0 Å². The zero-order chi connectivity index (χ0) is 15.9. The maximum atomic E-state index is 12.0. The molecule has 114 valence electrons. The van der Waals surface area contributed by atoms with Crippen LogP contribution in [0, 0.1) is 0 Å². The van der Waals surface area contributed by atoms with E-state index in [0.29, 0.717) is 0 Å². The van der Waals surface area contributed by atoms with Gasteiger partial charge in [0.1, 0.15) is 5.75 Å². The molecule has 22 heavy (non-hydrogen) atoms. The Balaban J connectivity index is 1.98. The number of carbonyl (C=O) groups excluding carboxylic acids is 1. The molecule has 2 aromatic rings. The normalized spacial score (nSPS) is 12.1.